The van der Waals surface area contributed by atoms with Gasteiger partial charge in [-0.05, 0) is 84.1 Å². The van der Waals surface area contributed by atoms with E-state index in [9.17, 15) is 0 Å². The van der Waals surface area contributed by atoms with Gasteiger partial charge in [-0.25, -0.2) is 0 Å². The number of halogens is 3. The molecule has 0 saturated heterocycles. The molecule has 0 aliphatic heterocycles. The molecular formula is C21H28BrCl2NO3. The van der Waals surface area contributed by atoms with Crippen molar-refractivity contribution in [3.63, 3.8) is 0 Å². The zero-order chi connectivity index (χ0) is 19.5. The van der Waals surface area contributed by atoms with Crippen molar-refractivity contribution in [2.45, 2.75) is 39.3 Å². The van der Waals surface area contributed by atoms with Crippen LogP contribution in [0.1, 0.15) is 37.3 Å². The molecule has 2 rings (SSSR count). The Hall–Kier alpha value is -0.980. The van der Waals surface area contributed by atoms with E-state index in [4.69, 9.17) is 26.2 Å². The predicted molar refractivity (Wildman–Crippen MR) is 121 cm³/mol. The van der Waals surface area contributed by atoms with Crippen molar-refractivity contribution in [1.29, 1.82) is 0 Å². The molecule has 0 saturated carbocycles. The van der Waals surface area contributed by atoms with Crippen LogP contribution in [0.4, 0.5) is 0 Å². The van der Waals surface area contributed by atoms with Gasteiger partial charge < -0.3 is 19.9 Å². The molecule has 0 heterocycles. The molecule has 7 heteroatoms. The Balaban J connectivity index is 0.00000392. The molecule has 0 spiro atoms. The number of nitrogens with one attached hydrogen (secondary N) is 1. The summed E-state index contributed by atoms with van der Waals surface area (Å²) in [5, 5.41) is 12.9. The van der Waals surface area contributed by atoms with E-state index in [0.717, 1.165) is 53.7 Å². The number of rotatable bonds is 12. The van der Waals surface area contributed by atoms with Gasteiger partial charge in [0.1, 0.15) is 6.61 Å². The SMILES string of the molecule is CCOc1cc(CNCCCCCO)cc(Br)c1OCc1ccc(Cl)cc1.Cl. The molecule has 0 aromatic heterocycles. The van der Waals surface area contributed by atoms with Crippen LogP contribution in [0, 0.1) is 0 Å². The first-order valence-electron chi connectivity index (χ1n) is 9.28. The number of unbranched alkanes of at least 4 members (excludes halogenated alkanes) is 2. The number of aliphatic hydroxyl groups excluding tert-OH is 1. The molecular weight excluding hydrogens is 465 g/mol. The summed E-state index contributed by atoms with van der Waals surface area (Å²) >= 11 is 9.54. The summed E-state index contributed by atoms with van der Waals surface area (Å²) in [7, 11) is 0. The molecule has 0 amide bonds. The lowest BCUT2D eigenvalue weighted by Crippen LogP contribution is -2.15. The van der Waals surface area contributed by atoms with Crippen molar-refractivity contribution in [3.8, 4) is 11.5 Å². The van der Waals surface area contributed by atoms with Crippen LogP contribution in [0.3, 0.4) is 0 Å². The maximum atomic E-state index is 8.81. The Morgan fingerprint density at radius 1 is 1.04 bits per heavy atom. The van der Waals surface area contributed by atoms with Crippen molar-refractivity contribution in [2.24, 2.45) is 0 Å². The first-order valence-corrected chi connectivity index (χ1v) is 10.4. The van der Waals surface area contributed by atoms with E-state index in [1.54, 1.807) is 0 Å². The van der Waals surface area contributed by atoms with Crippen LogP contribution < -0.4 is 14.8 Å². The highest BCUT2D eigenvalue weighted by Gasteiger charge is 2.12. The lowest BCUT2D eigenvalue weighted by Gasteiger charge is -2.16. The van der Waals surface area contributed by atoms with Gasteiger partial charge in [-0.15, -0.1) is 12.4 Å². The topological polar surface area (TPSA) is 50.7 Å². The molecule has 0 radical (unpaired) electrons. The molecule has 0 unspecified atom stereocenters. The third-order valence-electron chi connectivity index (χ3n) is 4.01. The molecule has 0 bridgehead atoms. The number of ether oxygens (including phenoxy) is 2. The highest BCUT2D eigenvalue weighted by atomic mass is 79.9. The fourth-order valence-corrected chi connectivity index (χ4v) is 3.36. The van der Waals surface area contributed by atoms with Gasteiger partial charge in [0.25, 0.3) is 0 Å². The number of aliphatic hydroxyl groups is 1. The minimum atomic E-state index is 0. The molecule has 156 valence electrons. The Morgan fingerprint density at radius 3 is 2.46 bits per heavy atom. The second-order valence-electron chi connectivity index (χ2n) is 6.21. The van der Waals surface area contributed by atoms with Crippen molar-refractivity contribution >= 4 is 39.9 Å². The summed E-state index contributed by atoms with van der Waals surface area (Å²) in [6.45, 7) is 4.93. The lowest BCUT2D eigenvalue weighted by atomic mass is 10.2. The molecule has 2 aromatic rings. The summed E-state index contributed by atoms with van der Waals surface area (Å²) in [6, 6.07) is 11.7. The quantitative estimate of drug-likeness (QED) is 0.370. The van der Waals surface area contributed by atoms with Crippen LogP contribution in [0.25, 0.3) is 0 Å². The average molecular weight is 493 g/mol. The van der Waals surface area contributed by atoms with Gasteiger partial charge in [0, 0.05) is 18.2 Å². The van der Waals surface area contributed by atoms with Crippen molar-refractivity contribution in [1.82, 2.24) is 5.32 Å². The monoisotopic (exact) mass is 491 g/mol. The van der Waals surface area contributed by atoms with Crippen LogP contribution in [-0.2, 0) is 13.2 Å². The van der Waals surface area contributed by atoms with E-state index >= 15 is 0 Å². The maximum Gasteiger partial charge on any atom is 0.175 e. The summed E-state index contributed by atoms with van der Waals surface area (Å²) in [4.78, 5) is 0. The van der Waals surface area contributed by atoms with Gasteiger partial charge in [-0.3, -0.25) is 0 Å². The second-order valence-corrected chi connectivity index (χ2v) is 7.50. The van der Waals surface area contributed by atoms with Crippen LogP contribution in [-0.4, -0.2) is 24.9 Å². The zero-order valence-corrected chi connectivity index (χ0v) is 19.2. The van der Waals surface area contributed by atoms with Gasteiger partial charge in [0.15, 0.2) is 11.5 Å². The van der Waals surface area contributed by atoms with E-state index in [1.807, 2.05) is 37.3 Å². The van der Waals surface area contributed by atoms with E-state index < -0.39 is 0 Å². The first-order chi connectivity index (χ1) is 13.1. The zero-order valence-electron chi connectivity index (χ0n) is 16.0. The molecule has 0 atom stereocenters. The van der Waals surface area contributed by atoms with Gasteiger partial charge >= 0.3 is 0 Å². The van der Waals surface area contributed by atoms with E-state index in [-0.39, 0.29) is 19.0 Å². The minimum absolute atomic E-state index is 0. The predicted octanol–water partition coefficient (Wildman–Crippen LogP) is 5.75. The first kappa shape index (κ1) is 25.1. The van der Waals surface area contributed by atoms with Crippen molar-refractivity contribution < 1.29 is 14.6 Å². The smallest absolute Gasteiger partial charge is 0.175 e. The number of hydrogen-bond donors (Lipinski definition) is 2. The summed E-state index contributed by atoms with van der Waals surface area (Å²) in [5.41, 5.74) is 2.17. The fraction of sp³-hybridized carbons (Fsp3) is 0.429. The van der Waals surface area contributed by atoms with Crippen LogP contribution in [0.15, 0.2) is 40.9 Å². The maximum absolute atomic E-state index is 8.81. The van der Waals surface area contributed by atoms with Gasteiger partial charge in [-0.1, -0.05) is 23.7 Å². The Morgan fingerprint density at radius 2 is 1.79 bits per heavy atom. The Kier molecular flexibility index (Phi) is 12.6. The van der Waals surface area contributed by atoms with Gasteiger partial charge in [-0.2, -0.15) is 0 Å². The summed E-state index contributed by atoms with van der Waals surface area (Å²) in [6.07, 6.45) is 2.96. The third-order valence-corrected chi connectivity index (χ3v) is 4.85. The molecule has 0 fully saturated rings. The van der Waals surface area contributed by atoms with E-state index in [0.29, 0.717) is 24.0 Å². The van der Waals surface area contributed by atoms with Crippen LogP contribution >= 0.6 is 39.9 Å². The molecule has 0 aliphatic rings. The number of benzene rings is 2. The normalized spacial score (nSPS) is 10.4. The average Bonchev–Trinajstić information content (AvgIpc) is 2.65. The summed E-state index contributed by atoms with van der Waals surface area (Å²) in [5.74, 6) is 1.44. The van der Waals surface area contributed by atoms with Gasteiger partial charge in [0.2, 0.25) is 0 Å². The molecule has 28 heavy (non-hydrogen) atoms. The number of hydrogen-bond acceptors (Lipinski definition) is 4. The molecule has 2 N–H and O–H groups in total. The van der Waals surface area contributed by atoms with E-state index in [1.165, 1.54) is 0 Å². The van der Waals surface area contributed by atoms with Gasteiger partial charge in [0.05, 0.1) is 11.1 Å². The molecule has 0 aliphatic carbocycles. The standard InChI is InChI=1S/C21H27BrClNO3.ClH/c1-2-26-20-13-17(14-24-10-4-3-5-11-25)12-19(22)21(20)27-15-16-6-8-18(23)9-7-16;/h6-9,12-13,24-25H,2-5,10-11,14-15H2,1H3;1H. The Labute approximate surface area is 187 Å². The highest BCUT2D eigenvalue weighted by Crippen LogP contribution is 2.37. The third kappa shape index (κ3) is 8.58. The molecule has 2 aromatic carbocycles. The molecule has 4 nitrogen and oxygen atoms in total. The van der Waals surface area contributed by atoms with Crippen LogP contribution in [0.5, 0.6) is 11.5 Å². The van der Waals surface area contributed by atoms with Crippen molar-refractivity contribution in [3.05, 3.63) is 57.0 Å². The van der Waals surface area contributed by atoms with Crippen molar-refractivity contribution in [2.75, 3.05) is 19.8 Å². The summed E-state index contributed by atoms with van der Waals surface area (Å²) < 4.78 is 12.7. The minimum Gasteiger partial charge on any atom is -0.490 e. The fourth-order valence-electron chi connectivity index (χ4n) is 2.63. The van der Waals surface area contributed by atoms with Crippen LogP contribution in [0.2, 0.25) is 5.02 Å². The highest BCUT2D eigenvalue weighted by molar-refractivity contribution is 9.10. The Bertz CT molecular complexity index is 699. The second kappa shape index (κ2) is 14.1. The largest absolute Gasteiger partial charge is 0.490 e. The lowest BCUT2D eigenvalue weighted by molar-refractivity contribution is 0.267. The van der Waals surface area contributed by atoms with E-state index in [2.05, 4.69) is 27.3 Å².